The normalized spacial score (nSPS) is 9.00. The predicted molar refractivity (Wildman–Crippen MR) is 54.9 cm³/mol. The van der Waals surface area contributed by atoms with Crippen molar-refractivity contribution in [1.29, 1.82) is 0 Å². The molecule has 0 saturated heterocycles. The average Bonchev–Trinajstić information content (AvgIpc) is 2.21. The average molecular weight is 209 g/mol. The van der Waals surface area contributed by atoms with E-state index in [1.807, 2.05) is 0 Å². The number of rotatable bonds is 2. The second-order valence-corrected chi connectivity index (χ2v) is 2.93. The summed E-state index contributed by atoms with van der Waals surface area (Å²) in [6.07, 6.45) is 2.08. The molecule has 4 heteroatoms. The molecule has 0 aliphatic heterocycles. The van der Waals surface area contributed by atoms with Gasteiger partial charge in [0.05, 0.1) is 11.8 Å². The molecule has 0 unspecified atom stereocenters. The zero-order valence-corrected chi connectivity index (χ0v) is 8.22. The minimum absolute atomic E-state index is 0.0184. The van der Waals surface area contributed by atoms with Crippen molar-refractivity contribution in [3.8, 4) is 11.8 Å². The molecule has 1 aromatic rings. The summed E-state index contributed by atoms with van der Waals surface area (Å²) in [5, 5.41) is 0. The van der Waals surface area contributed by atoms with Crippen LogP contribution in [0.15, 0.2) is 12.3 Å². The first-order valence-corrected chi connectivity index (χ1v) is 4.61. The van der Waals surface area contributed by atoms with Gasteiger partial charge in [-0.2, -0.15) is 12.6 Å². The Morgan fingerprint density at radius 3 is 3.07 bits per heavy atom. The maximum Gasteiger partial charge on any atom is 0.153 e. The maximum atomic E-state index is 12.8. The van der Waals surface area contributed by atoms with E-state index in [2.05, 4.69) is 29.5 Å². The molecule has 0 saturated carbocycles. The standard InChI is InChI=1S/C10H8FNOS/c11-10-6-12-9(3-1-2-4-14)5-8(10)7-13/h5-7,14H,2,4H2. The van der Waals surface area contributed by atoms with Crippen molar-refractivity contribution >= 4 is 18.9 Å². The van der Waals surface area contributed by atoms with Gasteiger partial charge in [-0.3, -0.25) is 4.79 Å². The molecule has 0 spiro atoms. The number of carbonyl (C=O) groups excluding carboxylic acids is 1. The lowest BCUT2D eigenvalue weighted by Gasteiger charge is -1.93. The van der Waals surface area contributed by atoms with Crippen LogP contribution in [0.1, 0.15) is 22.5 Å². The molecular formula is C10H8FNOS. The van der Waals surface area contributed by atoms with Gasteiger partial charge in [-0.15, -0.1) is 0 Å². The number of nitrogens with zero attached hydrogens (tertiary/aromatic N) is 1. The second kappa shape index (κ2) is 5.40. The largest absolute Gasteiger partial charge is 0.298 e. The van der Waals surface area contributed by atoms with Crippen LogP contribution in [0.25, 0.3) is 0 Å². The van der Waals surface area contributed by atoms with Crippen molar-refractivity contribution in [2.45, 2.75) is 6.42 Å². The fraction of sp³-hybridized carbons (Fsp3) is 0.200. The highest BCUT2D eigenvalue weighted by Crippen LogP contribution is 2.04. The van der Waals surface area contributed by atoms with E-state index in [4.69, 9.17) is 0 Å². The third kappa shape index (κ3) is 2.86. The Balaban J connectivity index is 2.91. The van der Waals surface area contributed by atoms with E-state index in [9.17, 15) is 9.18 Å². The Kier molecular flexibility index (Phi) is 4.14. The van der Waals surface area contributed by atoms with E-state index in [0.717, 1.165) is 6.20 Å². The van der Waals surface area contributed by atoms with Gasteiger partial charge in [-0.25, -0.2) is 9.37 Å². The van der Waals surface area contributed by atoms with Crippen LogP contribution in [-0.2, 0) is 0 Å². The van der Waals surface area contributed by atoms with Gasteiger partial charge in [-0.05, 0) is 12.0 Å². The van der Waals surface area contributed by atoms with Crippen LogP contribution in [-0.4, -0.2) is 17.0 Å². The Labute approximate surface area is 87.0 Å². The van der Waals surface area contributed by atoms with E-state index >= 15 is 0 Å². The fourth-order valence-electron chi connectivity index (χ4n) is 0.822. The Morgan fingerprint density at radius 1 is 1.64 bits per heavy atom. The van der Waals surface area contributed by atoms with Crippen LogP contribution in [0.5, 0.6) is 0 Å². The van der Waals surface area contributed by atoms with Crippen molar-refractivity contribution in [2.24, 2.45) is 0 Å². The number of carbonyl (C=O) groups is 1. The van der Waals surface area contributed by atoms with Crippen molar-refractivity contribution in [2.75, 3.05) is 5.75 Å². The highest BCUT2D eigenvalue weighted by Gasteiger charge is 2.01. The molecule has 0 amide bonds. The van der Waals surface area contributed by atoms with Crippen molar-refractivity contribution in [3.05, 3.63) is 29.3 Å². The first kappa shape index (κ1) is 10.7. The number of thiol groups is 1. The summed E-state index contributed by atoms with van der Waals surface area (Å²) in [7, 11) is 0. The van der Waals surface area contributed by atoms with Gasteiger partial charge in [0.15, 0.2) is 12.1 Å². The summed E-state index contributed by atoms with van der Waals surface area (Å²) in [5.41, 5.74) is 0.380. The molecule has 0 aromatic carbocycles. The van der Waals surface area contributed by atoms with Crippen LogP contribution in [0.4, 0.5) is 4.39 Å². The minimum atomic E-state index is -0.625. The summed E-state index contributed by atoms with van der Waals surface area (Å²) in [4.78, 5) is 14.1. The minimum Gasteiger partial charge on any atom is -0.298 e. The molecule has 1 aromatic heterocycles. The van der Waals surface area contributed by atoms with Crippen LogP contribution >= 0.6 is 12.6 Å². The van der Waals surface area contributed by atoms with E-state index in [1.54, 1.807) is 0 Å². The van der Waals surface area contributed by atoms with Gasteiger partial charge in [-0.1, -0.05) is 5.92 Å². The van der Waals surface area contributed by atoms with Crippen molar-refractivity contribution in [3.63, 3.8) is 0 Å². The first-order valence-electron chi connectivity index (χ1n) is 3.98. The number of hydrogen-bond donors (Lipinski definition) is 1. The summed E-state index contributed by atoms with van der Waals surface area (Å²) in [5.74, 6) is 5.54. The molecule has 0 atom stereocenters. The van der Waals surface area contributed by atoms with Gasteiger partial charge < -0.3 is 0 Å². The third-order valence-electron chi connectivity index (χ3n) is 1.47. The first-order chi connectivity index (χ1) is 6.77. The van der Waals surface area contributed by atoms with Gasteiger partial charge in [0.25, 0.3) is 0 Å². The van der Waals surface area contributed by atoms with E-state index < -0.39 is 5.82 Å². The summed E-state index contributed by atoms with van der Waals surface area (Å²) >= 11 is 3.98. The van der Waals surface area contributed by atoms with Crippen molar-refractivity contribution < 1.29 is 9.18 Å². The summed E-state index contributed by atoms with van der Waals surface area (Å²) < 4.78 is 12.8. The molecule has 0 fully saturated rings. The zero-order valence-electron chi connectivity index (χ0n) is 7.33. The topological polar surface area (TPSA) is 30.0 Å². The summed E-state index contributed by atoms with van der Waals surface area (Å²) in [6, 6.07) is 1.33. The van der Waals surface area contributed by atoms with Crippen LogP contribution in [0.3, 0.4) is 0 Å². The molecule has 0 bridgehead atoms. The highest BCUT2D eigenvalue weighted by molar-refractivity contribution is 7.80. The van der Waals surface area contributed by atoms with Gasteiger partial charge in [0.2, 0.25) is 0 Å². The molecular weight excluding hydrogens is 201 g/mol. The molecule has 0 radical (unpaired) electrons. The lowest BCUT2D eigenvalue weighted by Crippen LogP contribution is -1.92. The van der Waals surface area contributed by atoms with Crippen LogP contribution in [0.2, 0.25) is 0 Å². The monoisotopic (exact) mass is 209 g/mol. The van der Waals surface area contributed by atoms with Gasteiger partial charge in [0.1, 0.15) is 5.69 Å². The molecule has 1 heterocycles. The third-order valence-corrected chi connectivity index (χ3v) is 1.69. The Hall–Kier alpha value is -1.34. The van der Waals surface area contributed by atoms with Gasteiger partial charge >= 0.3 is 0 Å². The van der Waals surface area contributed by atoms with Crippen LogP contribution in [0, 0.1) is 17.7 Å². The number of aldehydes is 1. The molecule has 0 aliphatic carbocycles. The van der Waals surface area contributed by atoms with Gasteiger partial charge in [0, 0.05) is 12.2 Å². The molecule has 72 valence electrons. The maximum absolute atomic E-state index is 12.8. The Bertz CT molecular complexity index is 395. The lowest BCUT2D eigenvalue weighted by molar-refractivity contribution is 0.111. The fourth-order valence-corrected chi connectivity index (χ4v) is 0.934. The van der Waals surface area contributed by atoms with Crippen molar-refractivity contribution in [1.82, 2.24) is 4.98 Å². The summed E-state index contributed by atoms with van der Waals surface area (Å²) in [6.45, 7) is 0. The second-order valence-electron chi connectivity index (χ2n) is 2.48. The smallest absolute Gasteiger partial charge is 0.153 e. The molecule has 0 aliphatic rings. The zero-order chi connectivity index (χ0) is 10.4. The molecule has 14 heavy (non-hydrogen) atoms. The SMILES string of the molecule is O=Cc1cc(C#CCCS)ncc1F. The Morgan fingerprint density at radius 2 is 2.43 bits per heavy atom. The van der Waals surface area contributed by atoms with Crippen LogP contribution < -0.4 is 0 Å². The van der Waals surface area contributed by atoms with E-state index in [1.165, 1.54) is 6.07 Å². The van der Waals surface area contributed by atoms with E-state index in [-0.39, 0.29) is 5.56 Å². The molecule has 2 nitrogen and oxygen atoms in total. The molecule has 0 N–H and O–H groups in total. The lowest BCUT2D eigenvalue weighted by atomic mass is 10.2. The number of aromatic nitrogens is 1. The van der Waals surface area contributed by atoms with E-state index in [0.29, 0.717) is 24.2 Å². The number of pyridine rings is 1. The number of hydrogen-bond acceptors (Lipinski definition) is 3. The number of halogens is 1. The quantitative estimate of drug-likeness (QED) is 0.456. The highest BCUT2D eigenvalue weighted by atomic mass is 32.1. The molecule has 1 rings (SSSR count). The predicted octanol–water partition coefficient (Wildman–Crippen LogP) is 1.70.